The normalized spacial score (nSPS) is 15.4. The zero-order chi connectivity index (χ0) is 12.1. The van der Waals surface area contributed by atoms with Crippen LogP contribution in [0.4, 0.5) is 0 Å². The van der Waals surface area contributed by atoms with Crippen molar-refractivity contribution in [1.29, 1.82) is 0 Å². The molecule has 0 saturated heterocycles. The van der Waals surface area contributed by atoms with Crippen molar-refractivity contribution in [3.05, 3.63) is 18.0 Å². The van der Waals surface area contributed by atoms with Gasteiger partial charge in [-0.25, -0.2) is 0 Å². The van der Waals surface area contributed by atoms with E-state index in [2.05, 4.69) is 50.4 Å². The smallest absolute Gasteiger partial charge is 0.0628 e. The summed E-state index contributed by atoms with van der Waals surface area (Å²) in [7, 11) is 2.03. The average Bonchev–Trinajstić information content (AvgIpc) is 2.73. The van der Waals surface area contributed by atoms with Gasteiger partial charge >= 0.3 is 0 Å². The van der Waals surface area contributed by atoms with E-state index in [0.29, 0.717) is 18.0 Å². The molecule has 1 N–H and O–H groups in total. The van der Waals surface area contributed by atoms with Crippen molar-refractivity contribution in [1.82, 2.24) is 15.1 Å². The van der Waals surface area contributed by atoms with E-state index in [1.54, 1.807) is 0 Å². The van der Waals surface area contributed by atoms with Gasteiger partial charge in [0.2, 0.25) is 0 Å². The van der Waals surface area contributed by atoms with Crippen LogP contribution >= 0.6 is 0 Å². The molecule has 16 heavy (non-hydrogen) atoms. The minimum absolute atomic E-state index is 0.454. The Bertz CT molecular complexity index is 304. The fraction of sp³-hybridized carbons (Fsp3) is 0.769. The molecule has 0 bridgehead atoms. The van der Waals surface area contributed by atoms with Gasteiger partial charge in [-0.1, -0.05) is 13.3 Å². The highest BCUT2D eigenvalue weighted by atomic mass is 15.3. The molecular weight excluding hydrogens is 198 g/mol. The van der Waals surface area contributed by atoms with E-state index >= 15 is 0 Å². The topological polar surface area (TPSA) is 29.9 Å². The van der Waals surface area contributed by atoms with E-state index in [0.717, 1.165) is 6.42 Å². The molecule has 0 aromatic carbocycles. The molecule has 3 heteroatoms. The van der Waals surface area contributed by atoms with E-state index < -0.39 is 0 Å². The van der Waals surface area contributed by atoms with Crippen LogP contribution in [0.5, 0.6) is 0 Å². The Morgan fingerprint density at radius 2 is 2.06 bits per heavy atom. The highest BCUT2D eigenvalue weighted by Crippen LogP contribution is 2.15. The van der Waals surface area contributed by atoms with Gasteiger partial charge in [0.15, 0.2) is 0 Å². The molecule has 92 valence electrons. The molecule has 0 fully saturated rings. The van der Waals surface area contributed by atoms with Crippen LogP contribution in [0.1, 0.15) is 45.9 Å². The maximum Gasteiger partial charge on any atom is 0.0628 e. The van der Waals surface area contributed by atoms with E-state index in [9.17, 15) is 0 Å². The fourth-order valence-electron chi connectivity index (χ4n) is 1.95. The lowest BCUT2D eigenvalue weighted by Crippen LogP contribution is -2.31. The predicted molar refractivity (Wildman–Crippen MR) is 68.6 cm³/mol. The van der Waals surface area contributed by atoms with Crippen LogP contribution in [0.3, 0.4) is 0 Å². The molecule has 1 aromatic heterocycles. The molecule has 0 aliphatic heterocycles. The van der Waals surface area contributed by atoms with Crippen molar-refractivity contribution in [2.24, 2.45) is 5.92 Å². The maximum absolute atomic E-state index is 4.60. The summed E-state index contributed by atoms with van der Waals surface area (Å²) < 4.78 is 2.03. The van der Waals surface area contributed by atoms with Gasteiger partial charge < -0.3 is 5.32 Å². The van der Waals surface area contributed by atoms with Gasteiger partial charge in [0.1, 0.15) is 0 Å². The molecule has 0 radical (unpaired) electrons. The van der Waals surface area contributed by atoms with Crippen LogP contribution in [-0.4, -0.2) is 22.9 Å². The molecule has 1 aromatic rings. The van der Waals surface area contributed by atoms with Crippen LogP contribution in [0, 0.1) is 5.92 Å². The lowest BCUT2D eigenvalue weighted by molar-refractivity contribution is 0.376. The third-order valence-corrected chi connectivity index (χ3v) is 3.35. The van der Waals surface area contributed by atoms with Gasteiger partial charge in [0, 0.05) is 18.3 Å². The van der Waals surface area contributed by atoms with Crippen LogP contribution in [0.25, 0.3) is 0 Å². The molecule has 3 nitrogen and oxygen atoms in total. The largest absolute Gasteiger partial charge is 0.317 e. The van der Waals surface area contributed by atoms with Gasteiger partial charge in [-0.05, 0) is 46.2 Å². The Kier molecular flexibility index (Phi) is 5.00. The van der Waals surface area contributed by atoms with Gasteiger partial charge in [-0.15, -0.1) is 0 Å². The monoisotopic (exact) mass is 223 g/mol. The third kappa shape index (κ3) is 3.34. The molecule has 2 unspecified atom stereocenters. The molecule has 1 heterocycles. The van der Waals surface area contributed by atoms with E-state index in [4.69, 9.17) is 0 Å². The number of rotatable bonds is 6. The number of hydrogen-bond donors (Lipinski definition) is 1. The first-order chi connectivity index (χ1) is 7.58. The minimum Gasteiger partial charge on any atom is -0.317 e. The van der Waals surface area contributed by atoms with E-state index in [1.807, 2.05) is 11.7 Å². The van der Waals surface area contributed by atoms with Gasteiger partial charge in [0.05, 0.1) is 5.69 Å². The highest BCUT2D eigenvalue weighted by Gasteiger charge is 2.15. The maximum atomic E-state index is 4.60. The second-order valence-corrected chi connectivity index (χ2v) is 4.83. The molecular formula is C13H25N3. The van der Waals surface area contributed by atoms with Crippen LogP contribution in [-0.2, 0) is 6.42 Å². The SMILES string of the molecule is CCC(Cc1ccn(C(C)C)n1)C(C)NC. The number of hydrogen-bond acceptors (Lipinski definition) is 2. The second-order valence-electron chi connectivity index (χ2n) is 4.83. The molecule has 0 aliphatic carbocycles. The summed E-state index contributed by atoms with van der Waals surface area (Å²) in [4.78, 5) is 0. The molecule has 0 saturated carbocycles. The molecule has 0 spiro atoms. The van der Waals surface area contributed by atoms with Crippen molar-refractivity contribution in [3.63, 3.8) is 0 Å². The number of nitrogens with one attached hydrogen (secondary N) is 1. The summed E-state index contributed by atoms with van der Waals surface area (Å²) in [6.07, 6.45) is 4.34. The highest BCUT2D eigenvalue weighted by molar-refractivity contribution is 5.01. The minimum atomic E-state index is 0.454. The van der Waals surface area contributed by atoms with Crippen molar-refractivity contribution >= 4 is 0 Å². The Morgan fingerprint density at radius 1 is 1.38 bits per heavy atom. The summed E-state index contributed by atoms with van der Waals surface area (Å²) >= 11 is 0. The molecule has 1 rings (SSSR count). The average molecular weight is 223 g/mol. The fourth-order valence-corrected chi connectivity index (χ4v) is 1.95. The Morgan fingerprint density at radius 3 is 2.50 bits per heavy atom. The Labute approximate surface area is 99.2 Å². The van der Waals surface area contributed by atoms with Gasteiger partial charge in [-0.2, -0.15) is 5.10 Å². The third-order valence-electron chi connectivity index (χ3n) is 3.35. The number of aromatic nitrogens is 2. The van der Waals surface area contributed by atoms with E-state index in [1.165, 1.54) is 12.1 Å². The Hall–Kier alpha value is -0.830. The summed E-state index contributed by atoms with van der Waals surface area (Å²) in [5, 5.41) is 7.93. The second kappa shape index (κ2) is 6.04. The molecule has 0 amide bonds. The van der Waals surface area contributed by atoms with Gasteiger partial charge in [-0.3, -0.25) is 4.68 Å². The summed E-state index contributed by atoms with van der Waals surface area (Å²) in [6.45, 7) is 8.81. The zero-order valence-corrected chi connectivity index (χ0v) is 11.2. The van der Waals surface area contributed by atoms with Crippen LogP contribution < -0.4 is 5.32 Å². The first-order valence-corrected chi connectivity index (χ1v) is 6.29. The first kappa shape index (κ1) is 13.2. The van der Waals surface area contributed by atoms with Crippen molar-refractivity contribution < 1.29 is 0 Å². The first-order valence-electron chi connectivity index (χ1n) is 6.29. The zero-order valence-electron chi connectivity index (χ0n) is 11.2. The van der Waals surface area contributed by atoms with E-state index in [-0.39, 0.29) is 0 Å². The predicted octanol–water partition coefficient (Wildman–Crippen LogP) is 2.64. The van der Waals surface area contributed by atoms with Crippen molar-refractivity contribution in [3.8, 4) is 0 Å². The lowest BCUT2D eigenvalue weighted by Gasteiger charge is -2.21. The molecule has 2 atom stereocenters. The van der Waals surface area contributed by atoms with Crippen molar-refractivity contribution in [2.75, 3.05) is 7.05 Å². The summed E-state index contributed by atoms with van der Waals surface area (Å²) in [5.74, 6) is 0.667. The standard InChI is InChI=1S/C13H25N3/c1-6-12(11(4)14-5)9-13-7-8-16(15-13)10(2)3/h7-8,10-12,14H,6,9H2,1-5H3. The Balaban J connectivity index is 2.63. The van der Waals surface area contributed by atoms with Gasteiger partial charge in [0.25, 0.3) is 0 Å². The van der Waals surface area contributed by atoms with Crippen LogP contribution in [0.2, 0.25) is 0 Å². The van der Waals surface area contributed by atoms with Crippen molar-refractivity contribution in [2.45, 2.75) is 52.6 Å². The quantitative estimate of drug-likeness (QED) is 0.803. The lowest BCUT2D eigenvalue weighted by atomic mass is 9.93. The molecule has 0 aliphatic rings. The number of nitrogens with zero attached hydrogens (tertiary/aromatic N) is 2. The summed E-state index contributed by atoms with van der Waals surface area (Å²) in [5.41, 5.74) is 1.21. The van der Waals surface area contributed by atoms with Crippen LogP contribution in [0.15, 0.2) is 12.3 Å². The summed E-state index contributed by atoms with van der Waals surface area (Å²) in [6, 6.07) is 3.15.